The molecule has 2 aliphatic heterocycles. The molecule has 3 heterocycles. The lowest BCUT2D eigenvalue weighted by molar-refractivity contribution is -0.137. The Morgan fingerprint density at radius 2 is 1.95 bits per heavy atom. The monoisotopic (exact) mass is 556 g/mol. The van der Waals surface area contributed by atoms with E-state index in [9.17, 15) is 13.2 Å². The van der Waals surface area contributed by atoms with Crippen molar-refractivity contribution in [1.29, 1.82) is 0 Å². The summed E-state index contributed by atoms with van der Waals surface area (Å²) in [6, 6.07) is 7.68. The first kappa shape index (κ1) is 27.5. The molecule has 1 aromatic carbocycles. The molecule has 0 aliphatic carbocycles. The number of aromatic nitrogens is 1. The first-order valence-corrected chi connectivity index (χ1v) is 12.6. The zero-order valence-corrected chi connectivity index (χ0v) is 22.1. The van der Waals surface area contributed by atoms with Crippen LogP contribution >= 0.6 is 23.2 Å². The van der Waals surface area contributed by atoms with Crippen LogP contribution in [0.25, 0.3) is 0 Å². The van der Waals surface area contributed by atoms with E-state index in [0.29, 0.717) is 61.5 Å². The molecule has 0 bridgehead atoms. The van der Waals surface area contributed by atoms with Crippen LogP contribution in [0.5, 0.6) is 0 Å². The summed E-state index contributed by atoms with van der Waals surface area (Å²) >= 11 is 12.4. The Kier molecular flexibility index (Phi) is 8.23. The minimum atomic E-state index is -4.51. The van der Waals surface area contributed by atoms with Gasteiger partial charge >= 0.3 is 6.18 Å². The smallest absolute Gasteiger partial charge is 0.383 e. The van der Waals surface area contributed by atoms with E-state index in [0.717, 1.165) is 22.9 Å². The van der Waals surface area contributed by atoms with Gasteiger partial charge in [0, 0.05) is 58.5 Å². The third-order valence-electron chi connectivity index (χ3n) is 6.56. The molecule has 2 aliphatic rings. The highest BCUT2D eigenvalue weighted by molar-refractivity contribution is 6.42. The van der Waals surface area contributed by atoms with Gasteiger partial charge in [-0.05, 0) is 41.8 Å². The summed E-state index contributed by atoms with van der Waals surface area (Å²) in [5.41, 5.74) is 7.66. The summed E-state index contributed by atoms with van der Waals surface area (Å²) in [5.74, 6) is 0.487. The fraction of sp³-hybridized carbons (Fsp3) is 0.440. The van der Waals surface area contributed by atoms with Crippen molar-refractivity contribution in [3.05, 3.63) is 69.0 Å². The maximum Gasteiger partial charge on any atom is 0.419 e. The van der Waals surface area contributed by atoms with E-state index in [4.69, 9.17) is 38.7 Å². The van der Waals surface area contributed by atoms with Crippen LogP contribution in [0.1, 0.15) is 24.0 Å². The van der Waals surface area contributed by atoms with Crippen LogP contribution in [0.2, 0.25) is 10.0 Å². The summed E-state index contributed by atoms with van der Waals surface area (Å²) in [5, 5.41) is 4.23. The number of halogens is 5. The van der Waals surface area contributed by atoms with Gasteiger partial charge in [-0.2, -0.15) is 13.2 Å². The number of anilines is 1. The fourth-order valence-electron chi connectivity index (χ4n) is 4.65. The predicted molar refractivity (Wildman–Crippen MR) is 140 cm³/mol. The Labute approximate surface area is 224 Å². The van der Waals surface area contributed by atoms with Crippen molar-refractivity contribution < 1.29 is 17.9 Å². The van der Waals surface area contributed by atoms with Crippen molar-refractivity contribution in [2.45, 2.75) is 31.1 Å². The van der Waals surface area contributed by atoms with E-state index >= 15 is 0 Å². The van der Waals surface area contributed by atoms with Gasteiger partial charge in [0.2, 0.25) is 0 Å². The molecule has 200 valence electrons. The van der Waals surface area contributed by atoms with Crippen LogP contribution in [0.3, 0.4) is 0 Å². The van der Waals surface area contributed by atoms with Gasteiger partial charge in [-0.15, -0.1) is 0 Å². The van der Waals surface area contributed by atoms with Gasteiger partial charge in [-0.1, -0.05) is 29.3 Å². The summed E-state index contributed by atoms with van der Waals surface area (Å²) in [6.07, 6.45) is -1.94. The number of likely N-dealkylation sites (N-methyl/N-ethyl adjacent to an activating group) is 1. The highest BCUT2D eigenvalue weighted by Crippen LogP contribution is 2.38. The Bertz CT molecular complexity index is 1210. The van der Waals surface area contributed by atoms with Crippen LogP contribution in [-0.2, 0) is 17.3 Å². The summed E-state index contributed by atoms with van der Waals surface area (Å²) in [4.78, 5) is 12.6. The number of nitrogens with zero attached hydrogens (tertiary/aromatic N) is 4. The molecule has 0 spiro atoms. The molecular weight excluding hydrogens is 528 g/mol. The second-order valence-corrected chi connectivity index (χ2v) is 9.96. The lowest BCUT2D eigenvalue weighted by Gasteiger charge is -2.38. The van der Waals surface area contributed by atoms with E-state index in [-0.39, 0.29) is 5.82 Å². The quantitative estimate of drug-likeness (QED) is 0.537. The van der Waals surface area contributed by atoms with Gasteiger partial charge in [0.25, 0.3) is 0 Å². The number of guanidine groups is 1. The number of alkyl halides is 3. The van der Waals surface area contributed by atoms with E-state index in [1.807, 2.05) is 18.0 Å². The minimum Gasteiger partial charge on any atom is -0.383 e. The van der Waals surface area contributed by atoms with Gasteiger partial charge in [0.05, 0.1) is 22.2 Å². The molecule has 1 unspecified atom stereocenters. The molecule has 1 atom stereocenters. The standard InChI is InChI=1S/C25H29Cl2F3N6O/c1-35(12-13-37-2)23-33-21-8-11-36(22-18(25(28,29)30)4-3-9-32-22)10-7-17(21)24(31,34-23)15-16-5-6-19(26)20(27)14-16/h3-6,9,14H,7-8,10-13,15,31H2,1-2H3,(H,33,34). The van der Waals surface area contributed by atoms with Gasteiger partial charge in [0.15, 0.2) is 5.96 Å². The van der Waals surface area contributed by atoms with Crippen LogP contribution in [0.15, 0.2) is 52.8 Å². The SMILES string of the molecule is COCCN(C)C1=NC(N)(Cc2ccc(Cl)c(Cl)c2)C2=C(CCN(c3ncccc3C(F)(F)F)CC2)N1. The van der Waals surface area contributed by atoms with Gasteiger partial charge in [-0.25, -0.2) is 9.98 Å². The molecule has 0 fully saturated rings. The lowest BCUT2D eigenvalue weighted by atomic mass is 9.88. The zero-order valence-electron chi connectivity index (χ0n) is 20.6. The molecule has 37 heavy (non-hydrogen) atoms. The number of rotatable bonds is 6. The van der Waals surface area contributed by atoms with Crippen molar-refractivity contribution in [1.82, 2.24) is 15.2 Å². The number of hydrogen-bond acceptors (Lipinski definition) is 7. The van der Waals surface area contributed by atoms with Crippen LogP contribution in [-0.4, -0.2) is 61.9 Å². The molecule has 2 aromatic rings. The molecule has 12 heteroatoms. The fourth-order valence-corrected chi connectivity index (χ4v) is 4.97. The number of aliphatic imine (C=N–C) groups is 1. The number of methoxy groups -OCH3 is 1. The van der Waals surface area contributed by atoms with Crippen molar-refractivity contribution in [2.24, 2.45) is 10.7 Å². The number of pyridine rings is 1. The van der Waals surface area contributed by atoms with Gasteiger partial charge in [-0.3, -0.25) is 0 Å². The molecular formula is C25H29Cl2F3N6O. The molecule has 0 radical (unpaired) electrons. The van der Waals surface area contributed by atoms with E-state index in [2.05, 4.69) is 10.3 Å². The first-order chi connectivity index (χ1) is 17.5. The second kappa shape index (κ2) is 11.1. The molecule has 4 rings (SSSR count). The largest absolute Gasteiger partial charge is 0.419 e. The highest BCUT2D eigenvalue weighted by atomic mass is 35.5. The third kappa shape index (κ3) is 6.14. The van der Waals surface area contributed by atoms with Crippen LogP contribution in [0, 0.1) is 0 Å². The third-order valence-corrected chi connectivity index (χ3v) is 7.30. The molecule has 1 aromatic heterocycles. The van der Waals surface area contributed by atoms with E-state index in [1.165, 1.54) is 12.3 Å². The Balaban J connectivity index is 1.67. The van der Waals surface area contributed by atoms with Gasteiger partial charge < -0.3 is 25.6 Å². The lowest BCUT2D eigenvalue weighted by Crippen LogP contribution is -2.53. The Morgan fingerprint density at radius 1 is 1.19 bits per heavy atom. The molecule has 0 amide bonds. The normalized spacial score (nSPS) is 20.2. The van der Waals surface area contributed by atoms with E-state index in [1.54, 1.807) is 24.1 Å². The average molecular weight is 557 g/mol. The summed E-state index contributed by atoms with van der Waals surface area (Å²) < 4.78 is 46.3. The number of benzene rings is 1. The van der Waals surface area contributed by atoms with E-state index < -0.39 is 17.4 Å². The number of ether oxygens (including phenoxy) is 1. The minimum absolute atomic E-state index is 0.0831. The predicted octanol–water partition coefficient (Wildman–Crippen LogP) is 4.70. The van der Waals surface area contributed by atoms with Crippen molar-refractivity contribution in [2.75, 3.05) is 45.3 Å². The highest BCUT2D eigenvalue weighted by Gasteiger charge is 2.40. The van der Waals surface area contributed by atoms with Crippen LogP contribution < -0.4 is 16.0 Å². The Hall–Kier alpha value is -2.53. The topological polar surface area (TPSA) is 79.0 Å². The number of nitrogens with one attached hydrogen (secondary N) is 1. The average Bonchev–Trinajstić information content (AvgIpc) is 3.07. The summed E-state index contributed by atoms with van der Waals surface area (Å²) in [6.45, 7) is 1.71. The Morgan fingerprint density at radius 3 is 2.65 bits per heavy atom. The number of hydrogen-bond donors (Lipinski definition) is 2. The van der Waals surface area contributed by atoms with Crippen LogP contribution in [0.4, 0.5) is 19.0 Å². The molecule has 3 N–H and O–H groups in total. The maximum atomic E-state index is 13.7. The van der Waals surface area contributed by atoms with Crippen molar-refractivity contribution in [3.63, 3.8) is 0 Å². The summed E-state index contributed by atoms with van der Waals surface area (Å²) in [7, 11) is 3.50. The molecule has 0 saturated carbocycles. The molecule has 7 nitrogen and oxygen atoms in total. The maximum absolute atomic E-state index is 13.7. The van der Waals surface area contributed by atoms with Gasteiger partial charge in [0.1, 0.15) is 11.5 Å². The van der Waals surface area contributed by atoms with Crippen molar-refractivity contribution in [3.8, 4) is 0 Å². The zero-order chi connectivity index (χ0) is 26.8. The number of nitrogens with two attached hydrogens (primary N) is 1. The first-order valence-electron chi connectivity index (χ1n) is 11.8. The van der Waals surface area contributed by atoms with Crippen molar-refractivity contribution >= 4 is 35.0 Å². The molecule has 0 saturated heterocycles. The second-order valence-electron chi connectivity index (χ2n) is 9.14.